The molecule has 0 radical (unpaired) electrons. The van der Waals surface area contributed by atoms with E-state index in [-0.39, 0.29) is 0 Å². The molecule has 1 aliphatic rings. The van der Waals surface area contributed by atoms with Gasteiger partial charge >= 0.3 is 0 Å². The van der Waals surface area contributed by atoms with Crippen LogP contribution < -0.4 is 0 Å². The number of benzene rings is 3. The minimum atomic E-state index is -0.856. The summed E-state index contributed by atoms with van der Waals surface area (Å²) in [5, 5.41) is 0. The van der Waals surface area contributed by atoms with E-state index in [1.807, 2.05) is 91.0 Å². The van der Waals surface area contributed by atoms with Gasteiger partial charge in [0.2, 0.25) is 0 Å². The first-order valence-electron chi connectivity index (χ1n) is 11.4. The van der Waals surface area contributed by atoms with Crippen molar-refractivity contribution in [2.24, 2.45) is 0 Å². The van der Waals surface area contributed by atoms with Gasteiger partial charge in [0.1, 0.15) is 24.4 Å². The average Bonchev–Trinajstić information content (AvgIpc) is 2.91. The summed E-state index contributed by atoms with van der Waals surface area (Å²) in [6.45, 7) is 0.994. The predicted molar refractivity (Wildman–Crippen MR) is 127 cm³/mol. The molecule has 1 fully saturated rings. The van der Waals surface area contributed by atoms with Crippen molar-refractivity contribution in [2.45, 2.75) is 50.5 Å². The van der Waals surface area contributed by atoms with Crippen molar-refractivity contribution in [3.63, 3.8) is 0 Å². The van der Waals surface area contributed by atoms with Gasteiger partial charge in [0.05, 0.1) is 19.8 Å². The molecule has 1 heterocycles. The molecule has 0 spiro atoms. The second kappa shape index (κ2) is 12.6. The topological polar surface area (TPSA) is 63.2 Å². The Balaban J connectivity index is 1.57. The van der Waals surface area contributed by atoms with Gasteiger partial charge in [-0.25, -0.2) is 0 Å². The Morgan fingerprint density at radius 2 is 1.06 bits per heavy atom. The lowest BCUT2D eigenvalue weighted by atomic mass is 9.98. The van der Waals surface area contributed by atoms with Gasteiger partial charge in [-0.2, -0.15) is 0 Å². The molecule has 6 nitrogen and oxygen atoms in total. The summed E-state index contributed by atoms with van der Waals surface area (Å²) in [5.74, 6) is 0. The third-order valence-electron chi connectivity index (χ3n) is 5.75. The van der Waals surface area contributed by atoms with Crippen molar-refractivity contribution < 1.29 is 28.5 Å². The van der Waals surface area contributed by atoms with E-state index in [1.54, 1.807) is 0 Å². The monoisotopic (exact) mass is 462 g/mol. The molecule has 0 unspecified atom stereocenters. The van der Waals surface area contributed by atoms with Crippen molar-refractivity contribution in [1.82, 2.24) is 0 Å². The number of methoxy groups -OCH3 is 1. The van der Waals surface area contributed by atoms with Crippen LogP contribution in [0.2, 0.25) is 0 Å². The molecule has 1 aliphatic heterocycles. The molecule has 1 saturated heterocycles. The normalized spacial score (nSPS) is 24.6. The van der Waals surface area contributed by atoms with Gasteiger partial charge in [-0.15, -0.1) is 0 Å². The first kappa shape index (κ1) is 24.3. The van der Waals surface area contributed by atoms with Gasteiger partial charge in [-0.1, -0.05) is 91.0 Å². The van der Waals surface area contributed by atoms with Crippen LogP contribution in [0.4, 0.5) is 0 Å². The summed E-state index contributed by atoms with van der Waals surface area (Å²) in [5.41, 5.74) is 3.01. The van der Waals surface area contributed by atoms with Gasteiger partial charge in [0.25, 0.3) is 0 Å². The van der Waals surface area contributed by atoms with E-state index in [0.717, 1.165) is 23.0 Å². The minimum Gasteiger partial charge on any atom is -0.368 e. The maximum Gasteiger partial charge on any atom is 0.187 e. The zero-order valence-corrected chi connectivity index (χ0v) is 19.2. The number of rotatable bonds is 11. The number of ether oxygens (including phenoxy) is 5. The molecular formula is C28H30O6. The number of carbonyl (C=O) groups excluding carboxylic acids is 1. The fraction of sp³-hybridized carbons (Fsp3) is 0.321. The van der Waals surface area contributed by atoms with Crippen molar-refractivity contribution >= 4 is 6.29 Å². The van der Waals surface area contributed by atoms with Crippen molar-refractivity contribution in [3.05, 3.63) is 108 Å². The molecule has 0 bridgehead atoms. The Bertz CT molecular complexity index is 982. The van der Waals surface area contributed by atoms with Crippen LogP contribution in [0.15, 0.2) is 91.0 Å². The van der Waals surface area contributed by atoms with Gasteiger partial charge in [-0.3, -0.25) is 0 Å². The molecule has 6 heteroatoms. The molecular weight excluding hydrogens is 432 g/mol. The quantitative estimate of drug-likeness (QED) is 0.396. The molecule has 4 rings (SSSR count). The van der Waals surface area contributed by atoms with E-state index in [0.29, 0.717) is 19.8 Å². The molecule has 0 aliphatic carbocycles. The second-order valence-electron chi connectivity index (χ2n) is 8.12. The maximum atomic E-state index is 12.0. The Morgan fingerprint density at radius 3 is 1.47 bits per heavy atom. The van der Waals surface area contributed by atoms with E-state index in [1.165, 1.54) is 7.11 Å². The summed E-state index contributed by atoms with van der Waals surface area (Å²) in [7, 11) is 1.53. The molecule has 34 heavy (non-hydrogen) atoms. The van der Waals surface area contributed by atoms with Crippen LogP contribution >= 0.6 is 0 Å². The maximum absolute atomic E-state index is 12.0. The number of carbonyl (C=O) groups is 1. The van der Waals surface area contributed by atoms with Gasteiger partial charge < -0.3 is 28.5 Å². The highest BCUT2D eigenvalue weighted by atomic mass is 16.7. The predicted octanol–water partition coefficient (Wildman–Crippen LogP) is 4.31. The fourth-order valence-electron chi connectivity index (χ4n) is 3.99. The summed E-state index contributed by atoms with van der Waals surface area (Å²) in [4.78, 5) is 12.0. The second-order valence-corrected chi connectivity index (χ2v) is 8.12. The smallest absolute Gasteiger partial charge is 0.187 e. The first-order chi connectivity index (χ1) is 16.8. The summed E-state index contributed by atoms with van der Waals surface area (Å²) >= 11 is 0. The van der Waals surface area contributed by atoms with Crippen molar-refractivity contribution in [3.8, 4) is 0 Å². The average molecular weight is 463 g/mol. The zero-order valence-electron chi connectivity index (χ0n) is 19.2. The van der Waals surface area contributed by atoms with Crippen molar-refractivity contribution in [2.75, 3.05) is 7.11 Å². The Labute approximate surface area is 200 Å². The summed E-state index contributed by atoms with van der Waals surface area (Å²) < 4.78 is 30.4. The minimum absolute atomic E-state index is 0.313. The van der Waals surface area contributed by atoms with Crippen LogP contribution in [-0.4, -0.2) is 44.1 Å². The third-order valence-corrected chi connectivity index (χ3v) is 5.75. The highest BCUT2D eigenvalue weighted by molar-refractivity contribution is 5.57. The Hall–Kier alpha value is -2.87. The van der Waals surface area contributed by atoms with Gasteiger partial charge in [0, 0.05) is 7.11 Å². The van der Waals surface area contributed by atoms with Gasteiger partial charge in [-0.05, 0) is 16.7 Å². The van der Waals surface area contributed by atoms with Crippen molar-refractivity contribution in [1.29, 1.82) is 0 Å². The first-order valence-corrected chi connectivity index (χ1v) is 11.4. The highest BCUT2D eigenvalue weighted by Crippen LogP contribution is 2.30. The van der Waals surface area contributed by atoms with Crippen LogP contribution in [0.1, 0.15) is 16.7 Å². The molecule has 3 aromatic carbocycles. The van der Waals surface area contributed by atoms with Crippen LogP contribution in [0, 0.1) is 0 Å². The van der Waals surface area contributed by atoms with Gasteiger partial charge in [0.15, 0.2) is 12.6 Å². The van der Waals surface area contributed by atoms with E-state index in [2.05, 4.69) is 0 Å². The highest BCUT2D eigenvalue weighted by Gasteiger charge is 2.48. The molecule has 0 amide bonds. The number of hydrogen-bond donors (Lipinski definition) is 0. The van der Waals surface area contributed by atoms with Crippen LogP contribution in [0.25, 0.3) is 0 Å². The molecule has 0 saturated carbocycles. The van der Waals surface area contributed by atoms with Crippen LogP contribution in [0.5, 0.6) is 0 Å². The molecule has 3 aromatic rings. The van der Waals surface area contributed by atoms with E-state index in [4.69, 9.17) is 23.7 Å². The third kappa shape index (κ3) is 6.38. The Kier molecular flexibility index (Phi) is 8.96. The van der Waals surface area contributed by atoms with Crippen LogP contribution in [0.3, 0.4) is 0 Å². The molecule has 0 aromatic heterocycles. The number of aldehydes is 1. The van der Waals surface area contributed by atoms with E-state index >= 15 is 0 Å². The Morgan fingerprint density at radius 1 is 0.647 bits per heavy atom. The standard InChI is InChI=1S/C28H30O6/c1-30-28-27(33-20-23-15-9-4-10-16-23)26(32-19-22-13-7-3-8-14-22)25(24(17-29)34-28)31-18-21-11-5-2-6-12-21/h2-17,24-28H,18-20H2,1H3/t24-,25-,26+,27-,28+/m1/s1. The van der Waals surface area contributed by atoms with Crippen LogP contribution in [-0.2, 0) is 48.3 Å². The zero-order chi connectivity index (χ0) is 23.6. The summed E-state index contributed by atoms with van der Waals surface area (Å²) in [6.07, 6.45) is -2.77. The van der Waals surface area contributed by atoms with E-state index < -0.39 is 30.7 Å². The molecule has 0 N–H and O–H groups in total. The lowest BCUT2D eigenvalue weighted by Gasteiger charge is -2.44. The molecule has 5 atom stereocenters. The largest absolute Gasteiger partial charge is 0.368 e. The molecule has 178 valence electrons. The SMILES string of the molecule is CO[C@H]1O[C@H](C=O)[C@@H](OCc2ccccc2)[C@H](OCc2ccccc2)[C@H]1OCc1ccccc1. The lowest BCUT2D eigenvalue weighted by Crippen LogP contribution is -2.61. The summed E-state index contributed by atoms with van der Waals surface area (Å²) in [6, 6.07) is 29.5. The fourth-order valence-corrected chi connectivity index (χ4v) is 3.99. The lowest BCUT2D eigenvalue weighted by molar-refractivity contribution is -0.309. The van der Waals surface area contributed by atoms with E-state index in [9.17, 15) is 4.79 Å². The number of hydrogen-bond acceptors (Lipinski definition) is 6.